The average Bonchev–Trinajstić information content (AvgIpc) is 3.19. The number of hydrogen-bond donors (Lipinski definition) is 1. The Morgan fingerprint density at radius 3 is 2.42 bits per heavy atom. The Kier molecular flexibility index (Phi) is 6.98. The molecule has 1 aromatic rings. The standard InChI is InChI=1S/C16H15N3O9S3/c20-12-4-5-13(21)18(12)9(8-29-30-11-3-1-2-6-17-11)16(24)28-19-14(22)7-10(15(19)23)31(25,26)27/h1-3,6,9-10H,4-5,7-8H2,(H,25,26,27). The highest BCUT2D eigenvalue weighted by atomic mass is 33.1. The number of hydroxylamine groups is 2. The number of pyridine rings is 1. The first-order valence-corrected chi connectivity index (χ1v) is 12.5. The van der Waals surface area contributed by atoms with Crippen LogP contribution in [-0.2, 0) is 38.9 Å². The van der Waals surface area contributed by atoms with Gasteiger partial charge in [-0.25, -0.2) is 9.78 Å². The van der Waals surface area contributed by atoms with Gasteiger partial charge in [-0.15, -0.1) is 5.06 Å². The Morgan fingerprint density at radius 1 is 1.19 bits per heavy atom. The second-order valence-corrected chi connectivity index (χ2v) is 10.3. The Labute approximate surface area is 183 Å². The lowest BCUT2D eigenvalue weighted by Gasteiger charge is -2.25. The van der Waals surface area contributed by atoms with Crippen LogP contribution in [0.2, 0.25) is 0 Å². The van der Waals surface area contributed by atoms with E-state index in [0.29, 0.717) is 9.93 Å². The third kappa shape index (κ3) is 5.23. The summed E-state index contributed by atoms with van der Waals surface area (Å²) in [5.74, 6) is -5.25. The third-order valence-corrected chi connectivity index (χ3v) is 7.63. The van der Waals surface area contributed by atoms with Crippen LogP contribution in [0.25, 0.3) is 0 Å². The average molecular weight is 490 g/mol. The second-order valence-electron chi connectivity index (χ2n) is 6.35. The van der Waals surface area contributed by atoms with Crippen molar-refractivity contribution in [2.24, 2.45) is 0 Å². The number of likely N-dealkylation sites (tertiary alicyclic amines) is 1. The molecule has 2 fully saturated rings. The van der Waals surface area contributed by atoms with Crippen LogP contribution in [0.3, 0.4) is 0 Å². The van der Waals surface area contributed by atoms with Crippen molar-refractivity contribution < 1.29 is 41.8 Å². The van der Waals surface area contributed by atoms with Gasteiger partial charge in [0.05, 0.1) is 6.42 Å². The summed E-state index contributed by atoms with van der Waals surface area (Å²) in [5, 5.41) is -1.55. The molecule has 0 bridgehead atoms. The van der Waals surface area contributed by atoms with Gasteiger partial charge in [0, 0.05) is 24.8 Å². The highest BCUT2D eigenvalue weighted by molar-refractivity contribution is 8.76. The molecule has 166 valence electrons. The molecule has 4 amide bonds. The SMILES string of the molecule is O=C(ON1C(=O)CC(S(=O)(=O)O)C1=O)C(CSSc1ccccn1)N1C(=O)CCC1=O. The van der Waals surface area contributed by atoms with Crippen LogP contribution in [0.4, 0.5) is 0 Å². The van der Waals surface area contributed by atoms with Crippen molar-refractivity contribution in [2.75, 3.05) is 5.75 Å². The Hall–Kier alpha value is -2.49. The third-order valence-electron chi connectivity index (χ3n) is 4.28. The number of aromatic nitrogens is 1. The van der Waals surface area contributed by atoms with E-state index in [-0.39, 0.29) is 23.7 Å². The molecule has 2 saturated heterocycles. The van der Waals surface area contributed by atoms with Crippen LogP contribution in [-0.4, -0.2) is 74.6 Å². The fraction of sp³-hybridized carbons (Fsp3) is 0.375. The molecule has 2 aliphatic rings. The normalized spacial score (nSPS) is 20.5. The van der Waals surface area contributed by atoms with Crippen LogP contribution in [0.1, 0.15) is 19.3 Å². The monoisotopic (exact) mass is 489 g/mol. The maximum Gasteiger partial charge on any atom is 0.356 e. The lowest BCUT2D eigenvalue weighted by molar-refractivity contribution is -0.200. The molecule has 2 aliphatic heterocycles. The predicted octanol–water partition coefficient (Wildman–Crippen LogP) is -0.187. The Morgan fingerprint density at radius 2 is 1.87 bits per heavy atom. The van der Waals surface area contributed by atoms with Crippen molar-refractivity contribution in [3.05, 3.63) is 24.4 Å². The van der Waals surface area contributed by atoms with E-state index in [4.69, 9.17) is 9.39 Å². The predicted molar refractivity (Wildman–Crippen MR) is 105 cm³/mol. The molecule has 0 aliphatic carbocycles. The summed E-state index contributed by atoms with van der Waals surface area (Å²) in [6.45, 7) is 0. The Balaban J connectivity index is 1.74. The molecule has 2 atom stereocenters. The smallest absolute Gasteiger partial charge is 0.328 e. The van der Waals surface area contributed by atoms with Gasteiger partial charge in [-0.05, 0) is 22.9 Å². The lowest BCUT2D eigenvalue weighted by atomic mass is 10.3. The zero-order valence-electron chi connectivity index (χ0n) is 15.6. The van der Waals surface area contributed by atoms with Crippen LogP contribution in [0.15, 0.2) is 29.4 Å². The highest BCUT2D eigenvalue weighted by Crippen LogP contribution is 2.32. The minimum Gasteiger partial charge on any atom is -0.328 e. The number of amides is 4. The first-order valence-electron chi connectivity index (χ1n) is 8.70. The molecule has 1 N–H and O–H groups in total. The van der Waals surface area contributed by atoms with Gasteiger partial charge in [0.25, 0.3) is 21.9 Å². The molecular weight excluding hydrogens is 474 g/mol. The number of carbonyl (C=O) groups is 5. The van der Waals surface area contributed by atoms with E-state index in [0.717, 1.165) is 21.6 Å². The van der Waals surface area contributed by atoms with Crippen molar-refractivity contribution in [1.29, 1.82) is 0 Å². The van der Waals surface area contributed by atoms with Gasteiger partial charge in [-0.3, -0.25) is 28.6 Å². The zero-order valence-corrected chi connectivity index (χ0v) is 18.0. The molecule has 0 aromatic carbocycles. The van der Waals surface area contributed by atoms with Crippen molar-refractivity contribution in [3.8, 4) is 0 Å². The summed E-state index contributed by atoms with van der Waals surface area (Å²) < 4.78 is 31.5. The minimum absolute atomic E-state index is 0.0602. The van der Waals surface area contributed by atoms with Crippen molar-refractivity contribution in [1.82, 2.24) is 14.9 Å². The Bertz CT molecular complexity index is 1020. The van der Waals surface area contributed by atoms with Gasteiger partial charge >= 0.3 is 5.97 Å². The van der Waals surface area contributed by atoms with Gasteiger partial charge in [-0.1, -0.05) is 16.9 Å². The molecule has 3 rings (SSSR count). The second kappa shape index (κ2) is 9.33. The highest BCUT2D eigenvalue weighted by Gasteiger charge is 2.50. The van der Waals surface area contributed by atoms with Crippen LogP contribution < -0.4 is 0 Å². The molecule has 0 saturated carbocycles. The van der Waals surface area contributed by atoms with E-state index in [1.54, 1.807) is 24.4 Å². The van der Waals surface area contributed by atoms with Crippen LogP contribution in [0, 0.1) is 0 Å². The molecule has 0 radical (unpaired) electrons. The van der Waals surface area contributed by atoms with Gasteiger partial charge < -0.3 is 4.84 Å². The first-order chi connectivity index (χ1) is 14.6. The maximum absolute atomic E-state index is 12.7. The lowest BCUT2D eigenvalue weighted by Crippen LogP contribution is -2.49. The molecule has 2 unspecified atom stereocenters. The van der Waals surface area contributed by atoms with Gasteiger partial charge in [0.15, 0.2) is 5.25 Å². The molecule has 15 heteroatoms. The molecule has 1 aromatic heterocycles. The molecular formula is C16H15N3O9S3. The van der Waals surface area contributed by atoms with E-state index < -0.39 is 57.4 Å². The molecule has 3 heterocycles. The largest absolute Gasteiger partial charge is 0.356 e. The van der Waals surface area contributed by atoms with E-state index in [2.05, 4.69) is 4.98 Å². The van der Waals surface area contributed by atoms with Crippen molar-refractivity contribution in [2.45, 2.75) is 35.6 Å². The topological polar surface area (TPSA) is 168 Å². The fourth-order valence-electron chi connectivity index (χ4n) is 2.81. The van der Waals surface area contributed by atoms with Gasteiger partial charge in [0.2, 0.25) is 11.8 Å². The maximum atomic E-state index is 12.7. The fourth-order valence-corrected chi connectivity index (χ4v) is 5.60. The number of hydrogen-bond acceptors (Lipinski definition) is 11. The summed E-state index contributed by atoms with van der Waals surface area (Å²) >= 11 is 0. The summed E-state index contributed by atoms with van der Waals surface area (Å²) in [6, 6.07) is 3.69. The van der Waals surface area contributed by atoms with Crippen molar-refractivity contribution >= 4 is 61.3 Å². The van der Waals surface area contributed by atoms with Gasteiger partial charge in [0.1, 0.15) is 11.1 Å². The first kappa shape index (κ1) is 23.2. The summed E-state index contributed by atoms with van der Waals surface area (Å²) in [5.41, 5.74) is 0. The summed E-state index contributed by atoms with van der Waals surface area (Å²) in [4.78, 5) is 70.5. The van der Waals surface area contributed by atoms with Crippen LogP contribution >= 0.6 is 21.6 Å². The molecule has 31 heavy (non-hydrogen) atoms. The van der Waals surface area contributed by atoms with Gasteiger partial charge in [-0.2, -0.15) is 8.42 Å². The van der Waals surface area contributed by atoms with E-state index >= 15 is 0 Å². The minimum atomic E-state index is -4.89. The number of nitrogens with zero attached hydrogens (tertiary/aromatic N) is 3. The van der Waals surface area contributed by atoms with Crippen molar-refractivity contribution in [3.63, 3.8) is 0 Å². The van der Waals surface area contributed by atoms with E-state index in [9.17, 15) is 32.4 Å². The van der Waals surface area contributed by atoms with Crippen LogP contribution in [0.5, 0.6) is 0 Å². The van der Waals surface area contributed by atoms with E-state index in [1.165, 1.54) is 0 Å². The quantitative estimate of drug-likeness (QED) is 0.291. The number of carbonyl (C=O) groups excluding carboxylic acids is 5. The summed E-state index contributed by atoms with van der Waals surface area (Å²) in [6.07, 6.45) is 0.444. The number of imide groups is 2. The van der Waals surface area contributed by atoms with E-state index in [1.807, 2.05) is 0 Å². The summed E-state index contributed by atoms with van der Waals surface area (Å²) in [7, 11) is -2.64. The molecule has 12 nitrogen and oxygen atoms in total. The zero-order chi connectivity index (χ0) is 22.8. The number of rotatable bonds is 8. The molecule has 0 spiro atoms.